The van der Waals surface area contributed by atoms with Crippen molar-refractivity contribution >= 4 is 35.5 Å². The van der Waals surface area contributed by atoms with Gasteiger partial charge in [-0.15, -0.1) is 6.58 Å². The summed E-state index contributed by atoms with van der Waals surface area (Å²) in [5.41, 5.74) is -0.573. The zero-order valence-electron chi connectivity index (χ0n) is 29.6. The van der Waals surface area contributed by atoms with E-state index in [0.29, 0.717) is 30.4 Å². The lowest BCUT2D eigenvalue weighted by atomic mass is 9.85. The first-order valence-corrected chi connectivity index (χ1v) is 17.4. The van der Waals surface area contributed by atoms with E-state index in [1.807, 2.05) is 41.5 Å². The summed E-state index contributed by atoms with van der Waals surface area (Å²) in [7, 11) is 0. The van der Waals surface area contributed by atoms with Crippen LogP contribution in [0.15, 0.2) is 24.8 Å². The minimum Gasteiger partial charge on any atom is -0.460 e. The lowest BCUT2D eigenvalue weighted by Gasteiger charge is -2.38. The zero-order valence-corrected chi connectivity index (χ0v) is 29.6. The molecule has 0 aromatic carbocycles. The molecule has 266 valence electrons. The number of nitrogens with zero attached hydrogens (tertiary/aromatic N) is 1. The van der Waals surface area contributed by atoms with Crippen LogP contribution in [-0.2, 0) is 28.7 Å². The Labute approximate surface area is 284 Å². The van der Waals surface area contributed by atoms with Crippen LogP contribution in [0.5, 0.6) is 0 Å². The highest BCUT2D eigenvalue weighted by Crippen LogP contribution is 2.65. The van der Waals surface area contributed by atoms with Gasteiger partial charge in [0.05, 0.1) is 6.04 Å². The van der Waals surface area contributed by atoms with Gasteiger partial charge in [-0.3, -0.25) is 19.2 Å². The normalized spacial score (nSPS) is 24.3. The number of fused-ring (bicyclic) bond motifs is 1. The molecule has 4 rings (SSSR count). The molecule has 0 spiro atoms. The summed E-state index contributed by atoms with van der Waals surface area (Å²) in [4.78, 5) is 81.8. The van der Waals surface area contributed by atoms with Crippen molar-refractivity contribution in [2.75, 3.05) is 13.1 Å². The van der Waals surface area contributed by atoms with E-state index in [1.165, 1.54) is 11.0 Å². The van der Waals surface area contributed by atoms with Crippen LogP contribution in [0, 0.1) is 34.5 Å². The fourth-order valence-corrected chi connectivity index (χ4v) is 7.17. The fraction of sp³-hybridized carbons (Fsp3) is 0.722. The number of ketones is 1. The van der Waals surface area contributed by atoms with Gasteiger partial charge in [-0.05, 0) is 79.1 Å². The SMILES string of the molecule is C=CCNC(=O)C(=O)C(CCC)NC(=O)[C@@H]1[C@@H]2[C@H](CN1C(=O)[C@@H](NC(=O)N[C@@H](C(=C)C)C(=O)OC(C1CC1)C1CC1)C(C)(C)C)C2(C)C. The van der Waals surface area contributed by atoms with Gasteiger partial charge in [0.1, 0.15) is 24.2 Å². The van der Waals surface area contributed by atoms with Gasteiger partial charge >= 0.3 is 12.0 Å². The Hall–Kier alpha value is -3.70. The molecule has 48 heavy (non-hydrogen) atoms. The van der Waals surface area contributed by atoms with E-state index in [-0.39, 0.29) is 36.3 Å². The molecular weight excluding hydrogens is 614 g/mol. The van der Waals surface area contributed by atoms with E-state index in [9.17, 15) is 28.8 Å². The van der Waals surface area contributed by atoms with Gasteiger partial charge < -0.3 is 30.9 Å². The van der Waals surface area contributed by atoms with Crippen molar-refractivity contribution in [3.63, 3.8) is 0 Å². The van der Waals surface area contributed by atoms with Crippen LogP contribution < -0.4 is 21.3 Å². The molecule has 1 saturated heterocycles. The van der Waals surface area contributed by atoms with E-state index in [1.54, 1.807) is 6.92 Å². The number of hydrogen-bond acceptors (Lipinski definition) is 7. The summed E-state index contributed by atoms with van der Waals surface area (Å²) in [6, 6.07) is -4.82. The number of amides is 5. The van der Waals surface area contributed by atoms with Crippen molar-refractivity contribution < 1.29 is 33.5 Å². The second-order valence-corrected chi connectivity index (χ2v) is 15.9. The second kappa shape index (κ2) is 14.4. The monoisotopic (exact) mass is 669 g/mol. The Kier molecular flexibility index (Phi) is 11.2. The number of hydrogen-bond donors (Lipinski definition) is 4. The largest absolute Gasteiger partial charge is 0.460 e. The van der Waals surface area contributed by atoms with E-state index in [2.05, 4.69) is 34.4 Å². The van der Waals surface area contributed by atoms with Gasteiger partial charge in [-0.2, -0.15) is 0 Å². The smallest absolute Gasteiger partial charge is 0.333 e. The Bertz CT molecular complexity index is 1320. The quantitative estimate of drug-likeness (QED) is 0.112. The molecule has 3 aliphatic carbocycles. The Morgan fingerprint density at radius 2 is 1.60 bits per heavy atom. The molecule has 5 amide bonds. The minimum atomic E-state index is -1.09. The fourth-order valence-electron chi connectivity index (χ4n) is 7.17. The van der Waals surface area contributed by atoms with Crippen LogP contribution in [-0.4, -0.2) is 83.8 Å². The summed E-state index contributed by atoms with van der Waals surface area (Å²) < 4.78 is 5.88. The van der Waals surface area contributed by atoms with Gasteiger partial charge in [0.15, 0.2) is 0 Å². The van der Waals surface area contributed by atoms with Crippen molar-refractivity contribution in [3.05, 3.63) is 24.8 Å². The summed E-state index contributed by atoms with van der Waals surface area (Å²) >= 11 is 0. The lowest BCUT2D eigenvalue weighted by Crippen LogP contribution is -2.62. The predicted octanol–water partition coefficient (Wildman–Crippen LogP) is 3.02. The topological polar surface area (TPSA) is 163 Å². The number of likely N-dealkylation sites (tertiary alicyclic amines) is 1. The first-order valence-electron chi connectivity index (χ1n) is 17.4. The maximum absolute atomic E-state index is 14.3. The molecule has 1 heterocycles. The molecule has 0 radical (unpaired) electrons. The molecular formula is C36H55N5O7. The number of urea groups is 1. The van der Waals surface area contributed by atoms with Crippen LogP contribution in [0.2, 0.25) is 0 Å². The first-order chi connectivity index (χ1) is 22.4. The number of rotatable bonds is 16. The average molecular weight is 670 g/mol. The van der Waals surface area contributed by atoms with Crippen LogP contribution in [0.1, 0.15) is 87.0 Å². The van der Waals surface area contributed by atoms with Gasteiger partial charge in [0.25, 0.3) is 5.91 Å². The maximum atomic E-state index is 14.3. The van der Waals surface area contributed by atoms with Crippen LogP contribution in [0.4, 0.5) is 4.79 Å². The molecule has 12 heteroatoms. The summed E-state index contributed by atoms with van der Waals surface area (Å²) in [6.45, 7) is 20.9. The summed E-state index contributed by atoms with van der Waals surface area (Å²) in [5, 5.41) is 10.7. The number of carbonyl (C=O) groups excluding carboxylic acids is 6. The minimum absolute atomic E-state index is 0.0521. The summed E-state index contributed by atoms with van der Waals surface area (Å²) in [6.07, 6.45) is 6.24. The first kappa shape index (κ1) is 37.1. The van der Waals surface area contributed by atoms with Crippen molar-refractivity contribution in [2.24, 2.45) is 34.5 Å². The Balaban J connectivity index is 1.48. The summed E-state index contributed by atoms with van der Waals surface area (Å²) in [5.74, 6) is -2.45. The molecule has 0 aromatic heterocycles. The molecule has 0 bridgehead atoms. The zero-order chi connectivity index (χ0) is 35.7. The Morgan fingerprint density at radius 3 is 2.10 bits per heavy atom. The van der Waals surface area contributed by atoms with E-state index < -0.39 is 65.1 Å². The highest BCUT2D eigenvalue weighted by atomic mass is 16.5. The number of piperidine rings is 1. The highest BCUT2D eigenvalue weighted by Gasteiger charge is 2.70. The van der Waals surface area contributed by atoms with Crippen molar-refractivity contribution in [3.8, 4) is 0 Å². The van der Waals surface area contributed by atoms with Crippen LogP contribution in [0.3, 0.4) is 0 Å². The number of Topliss-reactive ketones (excluding diaryl/α,β-unsaturated/α-hetero) is 1. The molecule has 12 nitrogen and oxygen atoms in total. The van der Waals surface area contributed by atoms with E-state index in [4.69, 9.17) is 4.74 Å². The third kappa shape index (κ3) is 8.29. The van der Waals surface area contributed by atoms with Gasteiger partial charge in [0.2, 0.25) is 17.6 Å². The van der Waals surface area contributed by atoms with Crippen molar-refractivity contribution in [1.82, 2.24) is 26.2 Å². The molecule has 1 aliphatic heterocycles. The Morgan fingerprint density at radius 1 is 1.00 bits per heavy atom. The molecule has 4 aliphatic rings. The highest BCUT2D eigenvalue weighted by molar-refractivity contribution is 6.38. The number of nitrogens with one attached hydrogen (secondary N) is 4. The van der Waals surface area contributed by atoms with Crippen LogP contribution in [0.25, 0.3) is 0 Å². The number of esters is 1. The van der Waals surface area contributed by atoms with Gasteiger partial charge in [-0.25, -0.2) is 9.59 Å². The van der Waals surface area contributed by atoms with E-state index >= 15 is 0 Å². The van der Waals surface area contributed by atoms with Crippen molar-refractivity contribution in [1.29, 1.82) is 0 Å². The molecule has 3 saturated carbocycles. The number of ether oxygens (including phenoxy) is 1. The van der Waals surface area contributed by atoms with Gasteiger partial charge in [-0.1, -0.05) is 60.6 Å². The third-order valence-corrected chi connectivity index (χ3v) is 10.4. The maximum Gasteiger partial charge on any atom is 0.333 e. The standard InChI is InChI=1S/C36H55N5O7/c1-10-12-23(27(42)31(44)37-17-11-2)38-30(43)26-24-22(36(24,8)9)18-41(26)32(45)29(35(5,6)7)40-34(47)39-25(19(3)4)33(46)48-28(20-13-14-20)21-15-16-21/h11,20-26,28-29H,2-3,10,12-18H2,1,4-9H3,(H,37,44)(H,38,43)(H2,39,40,47)/t22-,23?,24-,25-,26-,29+/m0/s1. The van der Waals surface area contributed by atoms with Crippen molar-refractivity contribution in [2.45, 2.75) is 117 Å². The second-order valence-electron chi connectivity index (χ2n) is 15.9. The number of carbonyl (C=O) groups is 6. The van der Waals surface area contributed by atoms with E-state index in [0.717, 1.165) is 25.7 Å². The molecule has 4 fully saturated rings. The molecule has 6 atom stereocenters. The molecule has 4 N–H and O–H groups in total. The lowest BCUT2D eigenvalue weighted by molar-refractivity contribution is -0.152. The van der Waals surface area contributed by atoms with Gasteiger partial charge in [0, 0.05) is 13.1 Å². The van der Waals surface area contributed by atoms with Crippen LogP contribution >= 0.6 is 0 Å². The molecule has 0 aromatic rings. The average Bonchev–Trinajstić information content (AvgIpc) is 3.95. The third-order valence-electron chi connectivity index (χ3n) is 10.4. The molecule has 1 unspecified atom stereocenters. The predicted molar refractivity (Wildman–Crippen MR) is 180 cm³/mol.